The van der Waals surface area contributed by atoms with Gasteiger partial charge in [0.25, 0.3) is 5.56 Å². The molecule has 39 heavy (non-hydrogen) atoms. The van der Waals surface area contributed by atoms with Crippen LogP contribution in [0.25, 0.3) is 16.6 Å². The van der Waals surface area contributed by atoms with Gasteiger partial charge in [-0.1, -0.05) is 39.7 Å². The monoisotopic (exact) mass is 606 g/mol. The number of aromatic nitrogens is 3. The second kappa shape index (κ2) is 11.0. The van der Waals surface area contributed by atoms with Gasteiger partial charge in [-0.3, -0.25) is 14.8 Å². The number of nitrogens with one attached hydrogen (secondary N) is 2. The molecule has 0 aliphatic rings. The number of fused-ring (bicyclic) bond motifs is 1. The maximum atomic E-state index is 13.1. The third kappa shape index (κ3) is 5.28. The van der Waals surface area contributed by atoms with E-state index < -0.39 is 17.1 Å². The number of rotatable bonds is 7. The number of aryl methyl sites for hydroxylation is 1. The summed E-state index contributed by atoms with van der Waals surface area (Å²) in [5.41, 5.74) is 2.67. The van der Waals surface area contributed by atoms with E-state index in [-0.39, 0.29) is 11.3 Å². The van der Waals surface area contributed by atoms with Crippen molar-refractivity contribution in [2.24, 2.45) is 4.99 Å². The Morgan fingerprint density at radius 2 is 1.77 bits per heavy atom. The van der Waals surface area contributed by atoms with Crippen LogP contribution in [-0.4, -0.2) is 39.0 Å². The Labute approximate surface area is 236 Å². The van der Waals surface area contributed by atoms with Gasteiger partial charge >= 0.3 is 5.69 Å². The molecule has 0 amide bonds. The van der Waals surface area contributed by atoms with Gasteiger partial charge in [-0.05, 0) is 73.5 Å². The fourth-order valence-corrected chi connectivity index (χ4v) is 5.08. The molecule has 0 bridgehead atoms. The van der Waals surface area contributed by atoms with E-state index in [0.29, 0.717) is 35.0 Å². The third-order valence-electron chi connectivity index (χ3n) is 6.48. The average Bonchev–Trinajstić information content (AvgIpc) is 3.22. The van der Waals surface area contributed by atoms with Crippen LogP contribution in [0.15, 0.2) is 85.8 Å². The van der Waals surface area contributed by atoms with Crippen LogP contribution in [0.3, 0.4) is 0 Å². The summed E-state index contributed by atoms with van der Waals surface area (Å²) < 4.78 is 7.19. The van der Waals surface area contributed by atoms with Crippen molar-refractivity contribution in [3.8, 4) is 17.3 Å². The standard InChI is InChI=1S/C29H24BrClN4O4/c1-16-22(23-15-18(30)5-12-24(23)33-16)13-14-32-26(17-3-6-19(31)7-4-17)25-27(36)34-29(38)35(28(25)37)20-8-10-21(39-2)11-9-20/h3-12,15,33,37H,13-14H2,1-2H3,(H,34,36,38). The lowest BCUT2D eigenvalue weighted by atomic mass is 10.0. The Balaban J connectivity index is 1.62. The highest BCUT2D eigenvalue weighted by atomic mass is 79.9. The van der Waals surface area contributed by atoms with Crippen LogP contribution in [0.5, 0.6) is 11.6 Å². The Morgan fingerprint density at radius 3 is 2.46 bits per heavy atom. The first-order valence-corrected chi connectivity index (χ1v) is 13.2. The molecule has 8 nitrogen and oxygen atoms in total. The zero-order valence-electron chi connectivity index (χ0n) is 21.1. The van der Waals surface area contributed by atoms with Crippen LogP contribution in [-0.2, 0) is 6.42 Å². The molecule has 5 rings (SSSR count). The Bertz CT molecular complexity index is 1820. The summed E-state index contributed by atoms with van der Waals surface area (Å²) >= 11 is 9.65. The van der Waals surface area contributed by atoms with Crippen molar-refractivity contribution in [3.05, 3.63) is 119 Å². The highest BCUT2D eigenvalue weighted by Crippen LogP contribution is 2.27. The summed E-state index contributed by atoms with van der Waals surface area (Å²) in [5, 5.41) is 12.9. The lowest BCUT2D eigenvalue weighted by Crippen LogP contribution is -2.33. The number of aromatic amines is 2. The maximum Gasteiger partial charge on any atom is 0.335 e. The molecule has 0 atom stereocenters. The van der Waals surface area contributed by atoms with Gasteiger partial charge in [0.1, 0.15) is 11.3 Å². The molecule has 0 radical (unpaired) electrons. The molecule has 0 saturated carbocycles. The van der Waals surface area contributed by atoms with E-state index in [1.807, 2.05) is 19.1 Å². The number of aliphatic imine (C=N–C) groups is 1. The summed E-state index contributed by atoms with van der Waals surface area (Å²) in [6.45, 7) is 2.33. The third-order valence-corrected chi connectivity index (χ3v) is 7.23. The first-order valence-electron chi connectivity index (χ1n) is 12.1. The quantitative estimate of drug-likeness (QED) is 0.211. The van der Waals surface area contributed by atoms with E-state index in [1.165, 1.54) is 7.11 Å². The van der Waals surface area contributed by atoms with Gasteiger partial charge in [0.2, 0.25) is 5.88 Å². The topological polar surface area (TPSA) is 112 Å². The first kappa shape index (κ1) is 26.5. The smallest absolute Gasteiger partial charge is 0.335 e. The van der Waals surface area contributed by atoms with Gasteiger partial charge in [0.15, 0.2) is 0 Å². The minimum atomic E-state index is -0.776. The van der Waals surface area contributed by atoms with Gasteiger partial charge < -0.3 is 14.8 Å². The van der Waals surface area contributed by atoms with Crippen molar-refractivity contribution in [1.82, 2.24) is 14.5 Å². The minimum absolute atomic E-state index is 0.119. The van der Waals surface area contributed by atoms with Gasteiger partial charge in [0.05, 0.1) is 18.5 Å². The maximum absolute atomic E-state index is 13.1. The van der Waals surface area contributed by atoms with Crippen LogP contribution in [0, 0.1) is 6.92 Å². The number of hydrogen-bond donors (Lipinski definition) is 3. The van der Waals surface area contributed by atoms with Gasteiger partial charge in [-0.15, -0.1) is 0 Å². The molecule has 0 spiro atoms. The first-order chi connectivity index (χ1) is 18.8. The molecule has 5 aromatic rings. The molecule has 3 aromatic carbocycles. The van der Waals surface area contributed by atoms with E-state index in [4.69, 9.17) is 21.3 Å². The molecule has 10 heteroatoms. The Hall–Kier alpha value is -4.08. The number of halogens is 2. The number of ether oxygens (including phenoxy) is 1. The van der Waals surface area contributed by atoms with Crippen LogP contribution in [0.2, 0.25) is 5.02 Å². The summed E-state index contributed by atoms with van der Waals surface area (Å²) in [6.07, 6.45) is 0.580. The minimum Gasteiger partial charge on any atom is -0.497 e. The van der Waals surface area contributed by atoms with Crippen LogP contribution in [0.1, 0.15) is 22.4 Å². The van der Waals surface area contributed by atoms with E-state index >= 15 is 0 Å². The summed E-state index contributed by atoms with van der Waals surface area (Å²) in [6, 6.07) is 19.4. The van der Waals surface area contributed by atoms with E-state index in [2.05, 4.69) is 32.0 Å². The van der Waals surface area contributed by atoms with Crippen LogP contribution >= 0.6 is 27.5 Å². The Morgan fingerprint density at radius 1 is 1.05 bits per heavy atom. The molecule has 0 aliphatic heterocycles. The summed E-state index contributed by atoms with van der Waals surface area (Å²) in [5.74, 6) is 0.0637. The van der Waals surface area contributed by atoms with Gasteiger partial charge in [-0.2, -0.15) is 0 Å². The largest absolute Gasteiger partial charge is 0.497 e. The van der Waals surface area contributed by atoms with Crippen LogP contribution in [0.4, 0.5) is 0 Å². The van der Waals surface area contributed by atoms with Crippen molar-refractivity contribution < 1.29 is 9.84 Å². The Kier molecular flexibility index (Phi) is 7.45. The predicted octanol–water partition coefficient (Wildman–Crippen LogP) is 5.53. The van der Waals surface area contributed by atoms with Crippen molar-refractivity contribution in [2.75, 3.05) is 13.7 Å². The van der Waals surface area contributed by atoms with Crippen LogP contribution < -0.4 is 16.0 Å². The highest BCUT2D eigenvalue weighted by Gasteiger charge is 2.22. The fourth-order valence-electron chi connectivity index (χ4n) is 4.59. The second-order valence-electron chi connectivity index (χ2n) is 8.90. The average molecular weight is 608 g/mol. The fraction of sp³-hybridized carbons (Fsp3) is 0.138. The number of aromatic hydroxyl groups is 1. The zero-order chi connectivity index (χ0) is 27.7. The lowest BCUT2D eigenvalue weighted by molar-refractivity contribution is 0.414. The van der Waals surface area contributed by atoms with E-state index in [0.717, 1.165) is 31.2 Å². The molecule has 3 N–H and O–H groups in total. The van der Waals surface area contributed by atoms with Gasteiger partial charge in [-0.25, -0.2) is 9.36 Å². The molecular weight excluding hydrogens is 584 g/mol. The molecule has 2 heterocycles. The molecule has 0 fully saturated rings. The van der Waals surface area contributed by atoms with E-state index in [1.54, 1.807) is 48.5 Å². The molecule has 2 aromatic heterocycles. The molecule has 0 aliphatic carbocycles. The second-order valence-corrected chi connectivity index (χ2v) is 10.2. The summed E-state index contributed by atoms with van der Waals surface area (Å²) in [4.78, 5) is 36.4. The molecule has 0 saturated heterocycles. The number of H-pyrrole nitrogens is 2. The van der Waals surface area contributed by atoms with Crippen molar-refractivity contribution in [2.45, 2.75) is 13.3 Å². The normalized spacial score (nSPS) is 11.7. The predicted molar refractivity (Wildman–Crippen MR) is 157 cm³/mol. The zero-order valence-corrected chi connectivity index (χ0v) is 23.4. The molecule has 0 unspecified atom stereocenters. The lowest BCUT2D eigenvalue weighted by Gasteiger charge is -2.14. The number of hydrogen-bond acceptors (Lipinski definition) is 5. The molecular formula is C29H24BrClN4O4. The van der Waals surface area contributed by atoms with Crippen molar-refractivity contribution >= 4 is 44.1 Å². The van der Waals surface area contributed by atoms with E-state index in [9.17, 15) is 14.7 Å². The number of benzene rings is 3. The van der Waals surface area contributed by atoms with Crippen molar-refractivity contribution in [1.29, 1.82) is 0 Å². The number of methoxy groups -OCH3 is 1. The van der Waals surface area contributed by atoms with Gasteiger partial charge in [0, 0.05) is 38.2 Å². The van der Waals surface area contributed by atoms with Crippen molar-refractivity contribution in [3.63, 3.8) is 0 Å². The number of nitrogens with zero attached hydrogens (tertiary/aromatic N) is 2. The summed E-state index contributed by atoms with van der Waals surface area (Å²) in [7, 11) is 1.53. The highest BCUT2D eigenvalue weighted by molar-refractivity contribution is 9.10. The SMILES string of the molecule is COc1ccc(-n2c(O)c(C(=NCCc3c(C)[nH]c4ccc(Br)cc34)c3ccc(Cl)cc3)c(=O)[nH]c2=O)cc1. The molecule has 198 valence electrons.